The third-order valence-electron chi connectivity index (χ3n) is 2.73. The van der Waals surface area contributed by atoms with E-state index in [2.05, 4.69) is 0 Å². The van der Waals surface area contributed by atoms with Gasteiger partial charge < -0.3 is 9.84 Å². The van der Waals surface area contributed by atoms with Crippen LogP contribution >= 0.6 is 0 Å². The summed E-state index contributed by atoms with van der Waals surface area (Å²) in [4.78, 5) is 0. The zero-order valence-electron chi connectivity index (χ0n) is 11.5. The first kappa shape index (κ1) is 16.0. The first-order valence-corrected chi connectivity index (χ1v) is 8.57. The van der Waals surface area contributed by atoms with E-state index in [1.807, 2.05) is 31.2 Å². The second kappa shape index (κ2) is 7.50. The normalized spacial score (nSPS) is 13.2. The van der Waals surface area contributed by atoms with Crippen molar-refractivity contribution < 1.29 is 18.3 Å². The van der Waals surface area contributed by atoms with Gasteiger partial charge >= 0.3 is 0 Å². The zero-order valence-corrected chi connectivity index (χ0v) is 12.3. The fourth-order valence-corrected chi connectivity index (χ4v) is 2.40. The lowest BCUT2D eigenvalue weighted by Crippen LogP contribution is -2.05. The summed E-state index contributed by atoms with van der Waals surface area (Å²) < 4.78 is 27.4. The number of aliphatic hydroxyl groups excluding tert-OH is 1. The second-order valence-electron chi connectivity index (χ2n) is 4.71. The van der Waals surface area contributed by atoms with E-state index in [0.29, 0.717) is 19.4 Å². The van der Waals surface area contributed by atoms with Gasteiger partial charge in [-0.15, -0.1) is 0 Å². The van der Waals surface area contributed by atoms with E-state index < -0.39 is 15.9 Å². The lowest BCUT2D eigenvalue weighted by molar-refractivity contribution is 0.166. The Morgan fingerprint density at radius 1 is 1.26 bits per heavy atom. The molecular weight excluding hydrogens is 264 g/mol. The maximum atomic E-state index is 11.0. The molecule has 1 aromatic rings. The molecular formula is C14H22O4S. The summed E-state index contributed by atoms with van der Waals surface area (Å²) in [7, 11) is -2.95. The molecule has 0 spiro atoms. The summed E-state index contributed by atoms with van der Waals surface area (Å²) >= 11 is 0. The van der Waals surface area contributed by atoms with Crippen LogP contribution in [-0.4, -0.2) is 32.1 Å². The molecule has 0 radical (unpaired) electrons. The third kappa shape index (κ3) is 6.59. The smallest absolute Gasteiger partial charge is 0.147 e. The van der Waals surface area contributed by atoms with Crippen LogP contribution in [0, 0.1) is 0 Å². The van der Waals surface area contributed by atoms with Gasteiger partial charge in [-0.1, -0.05) is 19.1 Å². The quantitative estimate of drug-likeness (QED) is 0.796. The lowest BCUT2D eigenvalue weighted by Gasteiger charge is -2.11. The van der Waals surface area contributed by atoms with E-state index in [1.165, 1.54) is 6.26 Å². The number of hydrogen-bond donors (Lipinski definition) is 1. The van der Waals surface area contributed by atoms with E-state index in [1.54, 1.807) is 0 Å². The second-order valence-corrected chi connectivity index (χ2v) is 6.97. The van der Waals surface area contributed by atoms with Crippen molar-refractivity contribution in [2.45, 2.75) is 32.3 Å². The van der Waals surface area contributed by atoms with E-state index in [4.69, 9.17) is 4.74 Å². The van der Waals surface area contributed by atoms with Gasteiger partial charge in [0.1, 0.15) is 15.6 Å². The van der Waals surface area contributed by atoms with Crippen molar-refractivity contribution in [3.05, 3.63) is 29.8 Å². The van der Waals surface area contributed by atoms with Gasteiger partial charge in [-0.2, -0.15) is 0 Å². The molecule has 0 aromatic heterocycles. The fraction of sp³-hybridized carbons (Fsp3) is 0.571. The topological polar surface area (TPSA) is 63.6 Å². The standard InChI is InChI=1S/C14H22O4S/c1-3-10-18-13-8-6-12(7-9-13)14(15)5-4-11-19(2,16)17/h6-9,14-15H,3-5,10-11H2,1-2H3. The molecule has 0 bridgehead atoms. The highest BCUT2D eigenvalue weighted by atomic mass is 32.2. The highest BCUT2D eigenvalue weighted by Gasteiger charge is 2.09. The number of ether oxygens (including phenoxy) is 1. The minimum absolute atomic E-state index is 0.113. The summed E-state index contributed by atoms with van der Waals surface area (Å²) in [6.45, 7) is 2.72. The van der Waals surface area contributed by atoms with Crippen molar-refractivity contribution in [3.8, 4) is 5.75 Å². The largest absolute Gasteiger partial charge is 0.494 e. The molecule has 19 heavy (non-hydrogen) atoms. The number of rotatable bonds is 8. The van der Waals surface area contributed by atoms with Gasteiger partial charge in [-0.3, -0.25) is 0 Å². The van der Waals surface area contributed by atoms with Crippen molar-refractivity contribution in [1.82, 2.24) is 0 Å². The number of hydrogen-bond acceptors (Lipinski definition) is 4. The van der Waals surface area contributed by atoms with E-state index in [-0.39, 0.29) is 5.75 Å². The van der Waals surface area contributed by atoms with Crippen LogP contribution in [0.5, 0.6) is 5.75 Å². The third-order valence-corrected chi connectivity index (χ3v) is 3.76. The Balaban J connectivity index is 2.46. The van der Waals surface area contributed by atoms with Crippen LogP contribution in [-0.2, 0) is 9.84 Å². The molecule has 1 atom stereocenters. The molecule has 0 aliphatic heterocycles. The molecule has 0 heterocycles. The van der Waals surface area contributed by atoms with Crippen LogP contribution in [0.1, 0.15) is 37.9 Å². The highest BCUT2D eigenvalue weighted by Crippen LogP contribution is 2.21. The summed E-state index contributed by atoms with van der Waals surface area (Å²) in [5, 5.41) is 9.95. The van der Waals surface area contributed by atoms with Crippen molar-refractivity contribution in [2.75, 3.05) is 18.6 Å². The van der Waals surface area contributed by atoms with Crippen LogP contribution in [0.3, 0.4) is 0 Å². The van der Waals surface area contributed by atoms with Crippen LogP contribution in [0.2, 0.25) is 0 Å². The summed E-state index contributed by atoms with van der Waals surface area (Å²) in [6.07, 6.45) is 2.45. The monoisotopic (exact) mass is 286 g/mol. The summed E-state index contributed by atoms with van der Waals surface area (Å²) in [5.74, 6) is 0.899. The van der Waals surface area contributed by atoms with Gasteiger partial charge in [0.05, 0.1) is 12.7 Å². The maximum Gasteiger partial charge on any atom is 0.147 e. The summed E-state index contributed by atoms with van der Waals surface area (Å²) in [6, 6.07) is 7.28. The van der Waals surface area contributed by atoms with Crippen LogP contribution < -0.4 is 4.74 Å². The van der Waals surface area contributed by atoms with Gasteiger partial charge in [0.25, 0.3) is 0 Å². The fourth-order valence-electron chi connectivity index (χ4n) is 1.71. The molecule has 4 nitrogen and oxygen atoms in total. The molecule has 0 fully saturated rings. The lowest BCUT2D eigenvalue weighted by atomic mass is 10.1. The minimum Gasteiger partial charge on any atom is -0.494 e. The maximum absolute atomic E-state index is 11.0. The molecule has 0 saturated carbocycles. The number of benzene rings is 1. The summed E-state index contributed by atoms with van der Waals surface area (Å²) in [5.41, 5.74) is 0.789. The Morgan fingerprint density at radius 2 is 1.89 bits per heavy atom. The Labute approximate surface area is 115 Å². The molecule has 108 valence electrons. The molecule has 1 aromatic carbocycles. The van der Waals surface area contributed by atoms with Gasteiger partial charge in [0.2, 0.25) is 0 Å². The molecule has 1 unspecified atom stereocenters. The Morgan fingerprint density at radius 3 is 2.42 bits per heavy atom. The Hall–Kier alpha value is -1.07. The van der Waals surface area contributed by atoms with Crippen molar-refractivity contribution >= 4 is 9.84 Å². The van der Waals surface area contributed by atoms with E-state index >= 15 is 0 Å². The SMILES string of the molecule is CCCOc1ccc(C(O)CCCS(C)(=O)=O)cc1. The zero-order chi connectivity index (χ0) is 14.3. The van der Waals surface area contributed by atoms with E-state index in [0.717, 1.165) is 17.7 Å². The van der Waals surface area contributed by atoms with Crippen molar-refractivity contribution in [3.63, 3.8) is 0 Å². The molecule has 1 rings (SSSR count). The minimum atomic E-state index is -2.95. The van der Waals surface area contributed by atoms with E-state index in [9.17, 15) is 13.5 Å². The van der Waals surface area contributed by atoms with Gasteiger partial charge in [0.15, 0.2) is 0 Å². The predicted octanol–water partition coefficient (Wildman–Crippen LogP) is 2.33. The molecule has 0 aliphatic carbocycles. The van der Waals surface area contributed by atoms with Gasteiger partial charge in [-0.05, 0) is 37.0 Å². The average Bonchev–Trinajstić information content (AvgIpc) is 2.35. The first-order chi connectivity index (χ1) is 8.92. The van der Waals surface area contributed by atoms with Gasteiger partial charge in [0, 0.05) is 12.0 Å². The molecule has 0 saturated heterocycles. The Bertz CT molecular complexity index is 465. The highest BCUT2D eigenvalue weighted by molar-refractivity contribution is 7.90. The van der Waals surface area contributed by atoms with Gasteiger partial charge in [-0.25, -0.2) is 8.42 Å². The van der Waals surface area contributed by atoms with Crippen LogP contribution in [0.25, 0.3) is 0 Å². The van der Waals surface area contributed by atoms with Crippen molar-refractivity contribution in [2.24, 2.45) is 0 Å². The first-order valence-electron chi connectivity index (χ1n) is 6.51. The van der Waals surface area contributed by atoms with Crippen molar-refractivity contribution in [1.29, 1.82) is 0 Å². The van der Waals surface area contributed by atoms with Crippen LogP contribution in [0.15, 0.2) is 24.3 Å². The Kier molecular flexibility index (Phi) is 6.31. The molecule has 0 amide bonds. The molecule has 0 aliphatic rings. The predicted molar refractivity (Wildman–Crippen MR) is 76.1 cm³/mol. The van der Waals surface area contributed by atoms with Crippen LogP contribution in [0.4, 0.5) is 0 Å². The molecule has 1 N–H and O–H groups in total. The number of sulfone groups is 1. The molecule has 5 heteroatoms. The number of aliphatic hydroxyl groups is 1. The average molecular weight is 286 g/mol.